The molecule has 0 unspecified atom stereocenters. The second-order valence-electron chi connectivity index (χ2n) is 10.1. The average Bonchev–Trinajstić information content (AvgIpc) is 3.01. The quantitative estimate of drug-likeness (QED) is 0.129. The fraction of sp³-hybridized carbons (Fsp3) is 0.258. The van der Waals surface area contributed by atoms with Crippen molar-refractivity contribution in [2.45, 2.75) is 25.9 Å². The lowest BCUT2D eigenvalue weighted by Gasteiger charge is -2.28. The van der Waals surface area contributed by atoms with E-state index >= 15 is 0 Å². The summed E-state index contributed by atoms with van der Waals surface area (Å²) in [5, 5.41) is 13.3. The Morgan fingerprint density at radius 3 is 2.55 bits per heavy atom. The van der Waals surface area contributed by atoms with E-state index in [2.05, 4.69) is 26.1 Å². The zero-order chi connectivity index (χ0) is 31.3. The Morgan fingerprint density at radius 2 is 1.82 bits per heavy atom. The summed E-state index contributed by atoms with van der Waals surface area (Å²) >= 11 is 0. The maximum absolute atomic E-state index is 14.4. The van der Waals surface area contributed by atoms with Crippen LogP contribution in [0.15, 0.2) is 66.9 Å². The topological polar surface area (TPSA) is 112 Å². The fourth-order valence-electron chi connectivity index (χ4n) is 4.87. The molecule has 1 fully saturated rings. The van der Waals surface area contributed by atoms with E-state index in [1.807, 2.05) is 6.92 Å². The number of hydrogen-bond donors (Lipinski definition) is 4. The molecular weight excluding hydrogens is 580 g/mol. The highest BCUT2D eigenvalue weighted by molar-refractivity contribution is 5.96. The van der Waals surface area contributed by atoms with Crippen LogP contribution < -0.4 is 21.1 Å². The number of alkyl halides is 3. The summed E-state index contributed by atoms with van der Waals surface area (Å²) in [6, 6.07) is 14.5. The number of hydrogen-bond acceptors (Lipinski definition) is 8. The number of phenols is 1. The number of para-hydroxylation sites is 1. The number of morpholine rings is 1. The van der Waals surface area contributed by atoms with Gasteiger partial charge in [-0.15, -0.1) is 0 Å². The predicted molar refractivity (Wildman–Crippen MR) is 158 cm³/mol. The number of benzene rings is 3. The lowest BCUT2D eigenvalue weighted by molar-refractivity contribution is -0.137. The van der Waals surface area contributed by atoms with Gasteiger partial charge in [0.05, 0.1) is 25.0 Å². The number of aryl methyl sites for hydroxylation is 1. The number of hydrazine groups is 1. The molecule has 0 bridgehead atoms. The van der Waals surface area contributed by atoms with Gasteiger partial charge in [0, 0.05) is 35.6 Å². The molecule has 4 aromatic rings. The van der Waals surface area contributed by atoms with Crippen molar-refractivity contribution in [2.24, 2.45) is 0 Å². The number of aromatic hydroxyl groups is 1. The molecule has 4 N–H and O–H groups in total. The van der Waals surface area contributed by atoms with Crippen molar-refractivity contribution in [2.75, 3.05) is 41.9 Å². The van der Waals surface area contributed by atoms with Crippen molar-refractivity contribution in [3.8, 4) is 16.9 Å². The number of rotatable bonds is 9. The number of carbonyl (C=O) groups excluding carboxylic acids is 1. The van der Waals surface area contributed by atoms with Crippen LogP contribution in [0.3, 0.4) is 0 Å². The molecule has 230 valence electrons. The predicted octanol–water partition coefficient (Wildman–Crippen LogP) is 6.30. The summed E-state index contributed by atoms with van der Waals surface area (Å²) in [6.45, 7) is 3.76. The van der Waals surface area contributed by atoms with Crippen LogP contribution in [0.4, 0.5) is 40.7 Å². The number of ether oxygens (including phenoxy) is 1. The number of amides is 1. The SMILES string of the molecule is CCCc1cc(Nc2cc(-c3ccccc3O)cc(C(F)(F)F)c2)ccc1C(=O)NNc1ncc(F)c(N2CCOCC2)n1. The van der Waals surface area contributed by atoms with Gasteiger partial charge in [-0.2, -0.15) is 18.2 Å². The van der Waals surface area contributed by atoms with E-state index < -0.39 is 23.5 Å². The largest absolute Gasteiger partial charge is 0.507 e. The van der Waals surface area contributed by atoms with Gasteiger partial charge in [-0.1, -0.05) is 31.5 Å². The normalized spacial score (nSPS) is 13.4. The molecule has 0 aliphatic carbocycles. The van der Waals surface area contributed by atoms with Gasteiger partial charge in [-0.3, -0.25) is 15.6 Å². The Bertz CT molecular complexity index is 1640. The summed E-state index contributed by atoms with van der Waals surface area (Å²) in [5.41, 5.74) is 6.35. The Hall–Kier alpha value is -4.91. The number of carbonyl (C=O) groups is 1. The molecule has 1 aromatic heterocycles. The highest BCUT2D eigenvalue weighted by Crippen LogP contribution is 2.38. The van der Waals surface area contributed by atoms with Crippen molar-refractivity contribution in [1.29, 1.82) is 0 Å². The summed E-state index contributed by atoms with van der Waals surface area (Å²) in [7, 11) is 0. The molecule has 9 nitrogen and oxygen atoms in total. The number of halogens is 4. The van der Waals surface area contributed by atoms with Crippen LogP contribution in [0.2, 0.25) is 0 Å². The van der Waals surface area contributed by atoms with Crippen molar-refractivity contribution in [3.63, 3.8) is 0 Å². The zero-order valence-corrected chi connectivity index (χ0v) is 23.7. The van der Waals surface area contributed by atoms with Crippen LogP contribution in [0, 0.1) is 5.82 Å². The van der Waals surface area contributed by atoms with E-state index in [0.29, 0.717) is 56.0 Å². The van der Waals surface area contributed by atoms with Gasteiger partial charge >= 0.3 is 6.18 Å². The smallest absolute Gasteiger partial charge is 0.416 e. The Morgan fingerprint density at radius 1 is 1.05 bits per heavy atom. The van der Waals surface area contributed by atoms with Gasteiger partial charge in [-0.05, 0) is 60.0 Å². The molecule has 44 heavy (non-hydrogen) atoms. The minimum Gasteiger partial charge on any atom is -0.507 e. The van der Waals surface area contributed by atoms with Gasteiger partial charge in [0.2, 0.25) is 5.95 Å². The Balaban J connectivity index is 1.36. The molecule has 0 radical (unpaired) electrons. The minimum atomic E-state index is -4.61. The minimum absolute atomic E-state index is 0.00127. The standard InChI is InChI=1S/C31H30F4N6O3/c1-2-5-19-15-22(37-23-16-20(14-21(17-23)31(33,34)35)24-6-3-4-7-27(24)42)8-9-25(19)29(43)39-40-30-36-18-26(32)28(38-30)41-10-12-44-13-11-41/h3-4,6-9,14-18,37,42H,2,5,10-13H2,1H3,(H,39,43)(H,36,38,40). The van der Waals surface area contributed by atoms with Crippen molar-refractivity contribution >= 4 is 29.0 Å². The summed E-state index contributed by atoms with van der Waals surface area (Å²) < 4.78 is 61.0. The van der Waals surface area contributed by atoms with E-state index in [4.69, 9.17) is 4.74 Å². The maximum atomic E-state index is 14.4. The van der Waals surface area contributed by atoms with Crippen LogP contribution in [-0.4, -0.2) is 47.3 Å². The molecule has 0 saturated carbocycles. The zero-order valence-electron chi connectivity index (χ0n) is 23.7. The first kappa shape index (κ1) is 30.5. The molecule has 0 atom stereocenters. The van der Waals surface area contributed by atoms with Crippen molar-refractivity contribution in [1.82, 2.24) is 15.4 Å². The Labute approximate surface area is 250 Å². The number of aromatic nitrogens is 2. The van der Waals surface area contributed by atoms with E-state index in [0.717, 1.165) is 18.3 Å². The van der Waals surface area contributed by atoms with Crippen molar-refractivity contribution < 1.29 is 32.2 Å². The first-order chi connectivity index (χ1) is 21.1. The summed E-state index contributed by atoms with van der Waals surface area (Å²) in [4.78, 5) is 23.0. The molecular formula is C31H30F4N6O3. The van der Waals surface area contributed by atoms with Crippen LogP contribution in [0.25, 0.3) is 11.1 Å². The molecule has 3 aromatic carbocycles. The van der Waals surface area contributed by atoms with Gasteiger partial charge in [0.25, 0.3) is 5.91 Å². The highest BCUT2D eigenvalue weighted by Gasteiger charge is 2.31. The average molecular weight is 611 g/mol. The Kier molecular flexibility index (Phi) is 9.14. The monoisotopic (exact) mass is 610 g/mol. The highest BCUT2D eigenvalue weighted by atomic mass is 19.4. The van der Waals surface area contributed by atoms with Crippen LogP contribution in [0.1, 0.15) is 34.8 Å². The van der Waals surface area contributed by atoms with Crippen LogP contribution in [-0.2, 0) is 17.3 Å². The third-order valence-electron chi connectivity index (χ3n) is 6.96. The number of phenolic OH excluding ortho intramolecular Hbond substituents is 1. The molecule has 0 spiro atoms. The van der Waals surface area contributed by atoms with Crippen LogP contribution in [0.5, 0.6) is 5.75 Å². The molecule has 5 rings (SSSR count). The first-order valence-corrected chi connectivity index (χ1v) is 13.9. The van der Waals surface area contributed by atoms with Crippen molar-refractivity contribution in [3.05, 3.63) is 89.4 Å². The lowest BCUT2D eigenvalue weighted by atomic mass is 10.00. The van der Waals surface area contributed by atoms with Crippen LogP contribution >= 0.6 is 0 Å². The van der Waals surface area contributed by atoms with Gasteiger partial charge in [0.15, 0.2) is 11.6 Å². The molecule has 1 aliphatic rings. The van der Waals surface area contributed by atoms with Gasteiger partial charge < -0.3 is 20.1 Å². The molecule has 1 saturated heterocycles. The first-order valence-electron chi connectivity index (χ1n) is 13.9. The maximum Gasteiger partial charge on any atom is 0.416 e. The number of nitrogens with zero attached hydrogens (tertiary/aromatic N) is 3. The van der Waals surface area contributed by atoms with E-state index in [1.165, 1.54) is 18.2 Å². The molecule has 2 heterocycles. The van der Waals surface area contributed by atoms with Gasteiger partial charge in [-0.25, -0.2) is 9.37 Å². The fourth-order valence-corrected chi connectivity index (χ4v) is 4.87. The second kappa shape index (κ2) is 13.2. The number of anilines is 4. The molecule has 1 amide bonds. The van der Waals surface area contributed by atoms with E-state index in [1.54, 1.807) is 35.2 Å². The van der Waals surface area contributed by atoms with E-state index in [9.17, 15) is 27.5 Å². The van der Waals surface area contributed by atoms with E-state index in [-0.39, 0.29) is 34.3 Å². The molecule has 1 aliphatic heterocycles. The lowest BCUT2D eigenvalue weighted by Crippen LogP contribution is -2.38. The third kappa shape index (κ3) is 7.17. The summed E-state index contributed by atoms with van der Waals surface area (Å²) in [6.07, 6.45) is -2.38. The number of nitrogens with one attached hydrogen (secondary N) is 3. The second-order valence-corrected chi connectivity index (χ2v) is 10.1. The summed E-state index contributed by atoms with van der Waals surface area (Å²) in [5.74, 6) is -1.13. The van der Waals surface area contributed by atoms with Gasteiger partial charge in [0.1, 0.15) is 5.75 Å². The third-order valence-corrected chi connectivity index (χ3v) is 6.96. The molecule has 13 heteroatoms.